The highest BCUT2D eigenvalue weighted by Crippen LogP contribution is 2.42. The van der Waals surface area contributed by atoms with E-state index in [1.54, 1.807) is 24.3 Å². The van der Waals surface area contributed by atoms with Crippen molar-refractivity contribution in [3.63, 3.8) is 0 Å². The number of anilines is 1. The molecule has 0 saturated carbocycles. The first kappa shape index (κ1) is 38.1. The van der Waals surface area contributed by atoms with Crippen LogP contribution in [0.15, 0.2) is 96.3 Å². The van der Waals surface area contributed by atoms with E-state index in [0.29, 0.717) is 62.5 Å². The van der Waals surface area contributed by atoms with Crippen molar-refractivity contribution in [2.24, 2.45) is 0 Å². The summed E-state index contributed by atoms with van der Waals surface area (Å²) in [6.07, 6.45) is 3.67. The molecule has 4 N–H and O–H groups in total. The largest absolute Gasteiger partial charge is 0.496 e. The van der Waals surface area contributed by atoms with Crippen LogP contribution < -0.4 is 19.5 Å². The average Bonchev–Trinajstić information content (AvgIpc) is 3.16. The fourth-order valence-electron chi connectivity index (χ4n) is 5.92. The van der Waals surface area contributed by atoms with Gasteiger partial charge in [0.25, 0.3) is 15.9 Å². The number of carboxylic acid groups (broad SMARTS) is 1. The lowest BCUT2D eigenvalue weighted by atomic mass is 9.95. The van der Waals surface area contributed by atoms with Gasteiger partial charge in [-0.05, 0) is 64.7 Å². The summed E-state index contributed by atoms with van der Waals surface area (Å²) in [6, 6.07) is 13.8. The van der Waals surface area contributed by atoms with E-state index in [1.807, 2.05) is 0 Å². The lowest BCUT2D eigenvalue weighted by Gasteiger charge is -2.19. The van der Waals surface area contributed by atoms with Crippen LogP contribution in [0.4, 0.5) is 18.9 Å². The Balaban J connectivity index is 1.23. The second-order valence-electron chi connectivity index (χ2n) is 11.9. The minimum absolute atomic E-state index is 0.255. The highest BCUT2D eigenvalue weighted by molar-refractivity contribution is 7.92. The second-order valence-corrected chi connectivity index (χ2v) is 13.6. The Morgan fingerprint density at radius 1 is 0.800 bits per heavy atom. The topological polar surface area (TPSA) is 190 Å². The Morgan fingerprint density at radius 2 is 1.44 bits per heavy atom. The minimum atomic E-state index is -4.39. The maximum atomic E-state index is 15.3. The van der Waals surface area contributed by atoms with Crippen molar-refractivity contribution >= 4 is 38.6 Å². The average molecular weight is 774 g/mol. The normalized spacial score (nSPS) is 11.9. The van der Waals surface area contributed by atoms with Gasteiger partial charge in [-0.1, -0.05) is 24.3 Å². The van der Waals surface area contributed by atoms with Gasteiger partial charge in [0, 0.05) is 36.6 Å². The number of aliphatic hydroxyl groups excluding tert-OH is 1. The summed E-state index contributed by atoms with van der Waals surface area (Å²) in [5, 5.41) is 21.9. The highest BCUT2D eigenvalue weighted by Gasteiger charge is 2.28. The van der Waals surface area contributed by atoms with E-state index in [1.165, 1.54) is 63.1 Å². The van der Waals surface area contributed by atoms with Crippen LogP contribution in [0.3, 0.4) is 0 Å². The molecule has 4 aromatic carbocycles. The van der Waals surface area contributed by atoms with Gasteiger partial charge in [-0.3, -0.25) is 19.5 Å². The molecule has 2 heterocycles. The zero-order chi connectivity index (χ0) is 39.4. The van der Waals surface area contributed by atoms with E-state index in [4.69, 9.17) is 9.47 Å². The summed E-state index contributed by atoms with van der Waals surface area (Å²) in [5.41, 5.74) is 1.63. The molecule has 0 bridgehead atoms. The highest BCUT2D eigenvalue weighted by atomic mass is 32.2. The lowest BCUT2D eigenvalue weighted by Crippen LogP contribution is -2.43. The van der Waals surface area contributed by atoms with Gasteiger partial charge in [-0.2, -0.15) is 4.39 Å². The maximum absolute atomic E-state index is 15.3. The van der Waals surface area contributed by atoms with Crippen molar-refractivity contribution in [3.05, 3.63) is 126 Å². The summed E-state index contributed by atoms with van der Waals surface area (Å²) in [6.45, 7) is -0.277. The summed E-state index contributed by atoms with van der Waals surface area (Å²) in [7, 11) is -1.50. The Bertz CT molecular complexity index is 2510. The SMILES string of the molecule is COc1cc(CO)cc(OC)c1-c1ccc(C[C@H](NC(=O)c2c(F)cc(NS(=O)(=O)c3ccc(-c4ccnc(F)c4)cc3)cc2F)C(=O)O)c2nccnc12. The molecule has 0 unspecified atom stereocenters. The summed E-state index contributed by atoms with van der Waals surface area (Å²) >= 11 is 0. The van der Waals surface area contributed by atoms with Crippen molar-refractivity contribution in [2.75, 3.05) is 18.9 Å². The van der Waals surface area contributed by atoms with Crippen LogP contribution in [0.25, 0.3) is 33.3 Å². The Hall–Kier alpha value is -6.59. The molecule has 1 atom stereocenters. The van der Waals surface area contributed by atoms with E-state index in [-0.39, 0.29) is 23.4 Å². The maximum Gasteiger partial charge on any atom is 0.326 e. The quantitative estimate of drug-likeness (QED) is 0.108. The molecule has 0 fully saturated rings. The molecule has 6 rings (SSSR count). The molecule has 17 heteroatoms. The number of aliphatic hydroxyl groups is 1. The van der Waals surface area contributed by atoms with Gasteiger partial charge >= 0.3 is 5.97 Å². The number of aliphatic carboxylic acids is 1. The number of fused-ring (bicyclic) bond motifs is 1. The van der Waals surface area contributed by atoms with Gasteiger partial charge in [0.1, 0.15) is 34.7 Å². The standard InChI is InChI=1S/C38H30F3N5O8S/c1-53-30-13-20(19-47)14-31(54-2)33(30)26-8-5-23(35-36(26)44-12-11-43-35)15-29(38(49)50)45-37(48)34-27(39)17-24(18-28(34)40)46-55(51,52)25-6-3-21(4-7-25)22-9-10-42-32(41)16-22/h3-14,16-18,29,46-47H,15,19H2,1-2H3,(H,45,48)(H,49,50)/t29-/m0/s1. The number of hydrogen-bond acceptors (Lipinski definition) is 10. The zero-order valence-electron chi connectivity index (χ0n) is 28.9. The molecule has 0 saturated heterocycles. The first-order chi connectivity index (χ1) is 26.3. The number of ether oxygens (including phenoxy) is 2. The van der Waals surface area contributed by atoms with Crippen LogP contribution in [-0.2, 0) is 27.8 Å². The number of pyridine rings is 1. The number of methoxy groups -OCH3 is 2. The van der Waals surface area contributed by atoms with Crippen LogP contribution in [0.5, 0.6) is 11.5 Å². The minimum Gasteiger partial charge on any atom is -0.496 e. The molecule has 55 heavy (non-hydrogen) atoms. The zero-order valence-corrected chi connectivity index (χ0v) is 29.7. The van der Waals surface area contributed by atoms with Gasteiger partial charge in [0.15, 0.2) is 0 Å². The Kier molecular flexibility index (Phi) is 11.0. The van der Waals surface area contributed by atoms with E-state index in [2.05, 4.69) is 25.0 Å². The molecule has 2 aromatic heterocycles. The lowest BCUT2D eigenvalue weighted by molar-refractivity contribution is -0.139. The van der Waals surface area contributed by atoms with Crippen molar-refractivity contribution in [1.29, 1.82) is 0 Å². The molecule has 0 aliphatic carbocycles. The van der Waals surface area contributed by atoms with Crippen LogP contribution in [-0.4, -0.2) is 65.7 Å². The number of nitrogens with one attached hydrogen (secondary N) is 2. The third kappa shape index (κ3) is 8.02. The number of benzene rings is 4. The first-order valence-electron chi connectivity index (χ1n) is 16.2. The summed E-state index contributed by atoms with van der Waals surface area (Å²) in [5.74, 6) is -5.88. The van der Waals surface area contributed by atoms with E-state index >= 15 is 8.78 Å². The smallest absolute Gasteiger partial charge is 0.326 e. The van der Waals surface area contributed by atoms with E-state index in [9.17, 15) is 32.6 Å². The molecule has 0 spiro atoms. The second kappa shape index (κ2) is 15.8. The first-order valence-corrected chi connectivity index (χ1v) is 17.7. The molecule has 0 aliphatic heterocycles. The van der Waals surface area contributed by atoms with Gasteiger partial charge < -0.3 is 25.0 Å². The number of aromatic nitrogens is 3. The van der Waals surface area contributed by atoms with Gasteiger partial charge in [-0.25, -0.2) is 27.0 Å². The van der Waals surface area contributed by atoms with Crippen LogP contribution in [0.2, 0.25) is 0 Å². The molecule has 13 nitrogen and oxygen atoms in total. The number of hydrogen-bond donors (Lipinski definition) is 4. The van der Waals surface area contributed by atoms with Gasteiger partial charge in [0.05, 0.1) is 48.0 Å². The van der Waals surface area contributed by atoms with Crippen molar-refractivity contribution in [3.8, 4) is 33.8 Å². The van der Waals surface area contributed by atoms with Crippen LogP contribution >= 0.6 is 0 Å². The predicted molar refractivity (Wildman–Crippen MR) is 193 cm³/mol. The van der Waals surface area contributed by atoms with Gasteiger partial charge in [-0.15, -0.1) is 0 Å². The summed E-state index contributed by atoms with van der Waals surface area (Å²) < 4.78 is 83.4. The molecule has 1 amide bonds. The fourth-order valence-corrected chi connectivity index (χ4v) is 6.96. The fraction of sp³-hybridized carbons (Fsp3) is 0.132. The van der Waals surface area contributed by atoms with Crippen molar-refractivity contribution < 1.29 is 50.9 Å². The third-order valence-electron chi connectivity index (χ3n) is 8.50. The molecular formula is C38H30F3N5O8S. The Labute approximate surface area is 311 Å². The van der Waals surface area contributed by atoms with Crippen molar-refractivity contribution in [1.82, 2.24) is 20.3 Å². The Morgan fingerprint density at radius 3 is 2.02 bits per heavy atom. The van der Waals surface area contributed by atoms with E-state index in [0.717, 1.165) is 6.07 Å². The number of rotatable bonds is 13. The molecule has 6 aromatic rings. The summed E-state index contributed by atoms with van der Waals surface area (Å²) in [4.78, 5) is 37.6. The predicted octanol–water partition coefficient (Wildman–Crippen LogP) is 5.51. The molecule has 0 radical (unpaired) electrons. The number of nitrogens with zero attached hydrogens (tertiary/aromatic N) is 3. The van der Waals surface area contributed by atoms with E-state index < -0.39 is 56.8 Å². The number of halogens is 3. The molecule has 282 valence electrons. The van der Waals surface area contributed by atoms with Crippen molar-refractivity contribution in [2.45, 2.75) is 24.0 Å². The molecular weight excluding hydrogens is 744 g/mol. The number of carboxylic acids is 1. The number of amides is 1. The van der Waals surface area contributed by atoms with Crippen LogP contribution in [0.1, 0.15) is 21.5 Å². The van der Waals surface area contributed by atoms with Crippen LogP contribution in [0, 0.1) is 17.6 Å². The monoisotopic (exact) mass is 773 g/mol. The number of carbonyl (C=O) groups is 2. The third-order valence-corrected chi connectivity index (χ3v) is 9.90. The molecule has 0 aliphatic rings. The van der Waals surface area contributed by atoms with Gasteiger partial charge in [0.2, 0.25) is 5.95 Å². The number of sulfonamides is 1. The number of carbonyl (C=O) groups excluding carboxylic acids is 1.